The maximum atomic E-state index is 13.5. The number of fused-ring (bicyclic) bond motifs is 1. The van der Waals surface area contributed by atoms with E-state index in [1.54, 1.807) is 6.20 Å². The Kier molecular flexibility index (Phi) is 12.6. The van der Waals surface area contributed by atoms with E-state index in [2.05, 4.69) is 20.9 Å². The number of nitrogens with one attached hydrogen (secondary N) is 4. The molecular weight excluding hydrogens is 518 g/mol. The molecule has 0 aliphatic heterocycles. The number of rotatable bonds is 17. The average molecular weight is 560 g/mol. The third kappa shape index (κ3) is 9.97. The molecule has 11 N–H and O–H groups in total. The van der Waals surface area contributed by atoms with Gasteiger partial charge in [0.25, 0.3) is 0 Å². The molecular formula is C27H41N7O6. The van der Waals surface area contributed by atoms with Crippen molar-refractivity contribution in [2.24, 2.45) is 23.1 Å². The highest BCUT2D eigenvalue weighted by atomic mass is 16.4. The summed E-state index contributed by atoms with van der Waals surface area (Å²) in [6, 6.07) is 2.78. The standard InChI is InChI=1S/C27H41N7O6/c1-15(2)11-22(27(39)40)34-25(37)20(9-5-6-10-28)32-26(38)21(33-24(36)18(29)13-23(30)35)12-16-14-31-19-8-4-3-7-17(16)19/h3-4,7-8,14-15,18,20-22,31H,5-6,9-13,28-29H2,1-2H3,(H2,30,35)(H,32,38)(H,33,36)(H,34,37)(H,39,40). The molecule has 0 bridgehead atoms. The molecule has 13 heteroatoms. The molecule has 0 spiro atoms. The van der Waals surface area contributed by atoms with Crippen molar-refractivity contribution in [2.75, 3.05) is 6.54 Å². The number of aromatic nitrogens is 1. The third-order valence-electron chi connectivity index (χ3n) is 6.39. The van der Waals surface area contributed by atoms with Crippen molar-refractivity contribution < 1.29 is 29.1 Å². The highest BCUT2D eigenvalue weighted by Crippen LogP contribution is 2.19. The maximum absolute atomic E-state index is 13.5. The van der Waals surface area contributed by atoms with Gasteiger partial charge in [-0.25, -0.2) is 4.79 Å². The minimum Gasteiger partial charge on any atom is -0.480 e. The molecule has 0 fully saturated rings. The number of carboxylic acids is 1. The van der Waals surface area contributed by atoms with Gasteiger partial charge >= 0.3 is 5.97 Å². The summed E-state index contributed by atoms with van der Waals surface area (Å²) in [5.41, 5.74) is 18.1. The van der Waals surface area contributed by atoms with Crippen molar-refractivity contribution in [3.8, 4) is 0 Å². The van der Waals surface area contributed by atoms with Crippen molar-refractivity contribution in [3.63, 3.8) is 0 Å². The molecule has 13 nitrogen and oxygen atoms in total. The first-order chi connectivity index (χ1) is 18.9. The van der Waals surface area contributed by atoms with Gasteiger partial charge in [0.2, 0.25) is 23.6 Å². The van der Waals surface area contributed by atoms with Gasteiger partial charge in [-0.15, -0.1) is 0 Å². The molecule has 0 saturated carbocycles. The maximum Gasteiger partial charge on any atom is 0.326 e. The molecule has 220 valence electrons. The summed E-state index contributed by atoms with van der Waals surface area (Å²) < 4.78 is 0. The van der Waals surface area contributed by atoms with Crippen LogP contribution >= 0.6 is 0 Å². The van der Waals surface area contributed by atoms with Crippen molar-refractivity contribution >= 4 is 40.5 Å². The van der Waals surface area contributed by atoms with E-state index in [4.69, 9.17) is 17.2 Å². The predicted molar refractivity (Wildman–Crippen MR) is 150 cm³/mol. The number of benzene rings is 1. The van der Waals surface area contributed by atoms with Crippen molar-refractivity contribution in [1.82, 2.24) is 20.9 Å². The largest absolute Gasteiger partial charge is 0.480 e. The van der Waals surface area contributed by atoms with Crippen LogP contribution in [0.3, 0.4) is 0 Å². The normalized spacial score (nSPS) is 14.2. The Morgan fingerprint density at radius 2 is 1.55 bits per heavy atom. The van der Waals surface area contributed by atoms with Crippen LogP contribution in [0.15, 0.2) is 30.5 Å². The molecule has 2 aromatic rings. The van der Waals surface area contributed by atoms with Gasteiger partial charge in [0.1, 0.15) is 18.1 Å². The Morgan fingerprint density at radius 3 is 2.17 bits per heavy atom. The van der Waals surface area contributed by atoms with Crippen LogP contribution in [0.5, 0.6) is 0 Å². The second-order valence-corrected chi connectivity index (χ2v) is 10.3. The molecule has 4 amide bonds. The molecule has 1 heterocycles. The van der Waals surface area contributed by atoms with E-state index in [1.165, 1.54) is 0 Å². The summed E-state index contributed by atoms with van der Waals surface area (Å²) >= 11 is 0. The van der Waals surface area contributed by atoms with Gasteiger partial charge in [0.05, 0.1) is 12.5 Å². The van der Waals surface area contributed by atoms with Gasteiger partial charge in [0.15, 0.2) is 0 Å². The van der Waals surface area contributed by atoms with E-state index in [1.807, 2.05) is 38.1 Å². The van der Waals surface area contributed by atoms with Crippen LogP contribution in [0.2, 0.25) is 0 Å². The number of hydrogen-bond acceptors (Lipinski definition) is 7. The summed E-state index contributed by atoms with van der Waals surface area (Å²) in [5.74, 6) is -4.03. The highest BCUT2D eigenvalue weighted by Gasteiger charge is 2.31. The number of primary amides is 1. The third-order valence-corrected chi connectivity index (χ3v) is 6.39. The van der Waals surface area contributed by atoms with Crippen LogP contribution in [0.1, 0.15) is 51.5 Å². The summed E-state index contributed by atoms with van der Waals surface area (Å²) in [6.45, 7) is 4.05. The number of para-hydroxylation sites is 1. The van der Waals surface area contributed by atoms with Crippen molar-refractivity contribution in [3.05, 3.63) is 36.0 Å². The van der Waals surface area contributed by atoms with E-state index in [9.17, 15) is 29.1 Å². The number of amides is 4. The molecule has 0 radical (unpaired) electrons. The second kappa shape index (κ2) is 15.6. The molecule has 4 atom stereocenters. The van der Waals surface area contributed by atoms with E-state index >= 15 is 0 Å². The number of carbonyl (C=O) groups is 5. The highest BCUT2D eigenvalue weighted by molar-refractivity contribution is 5.95. The van der Waals surface area contributed by atoms with Gasteiger partial charge in [0, 0.05) is 23.5 Å². The molecule has 1 aromatic heterocycles. The number of H-pyrrole nitrogens is 1. The molecule has 1 aromatic carbocycles. The van der Waals surface area contributed by atoms with E-state index in [0.717, 1.165) is 16.5 Å². The monoisotopic (exact) mass is 559 g/mol. The second-order valence-electron chi connectivity index (χ2n) is 10.3. The fourth-order valence-electron chi connectivity index (χ4n) is 4.32. The molecule has 4 unspecified atom stereocenters. The molecule has 2 rings (SSSR count). The lowest BCUT2D eigenvalue weighted by atomic mass is 10.0. The van der Waals surface area contributed by atoms with Gasteiger partial charge in [-0.3, -0.25) is 19.2 Å². The Hall–Kier alpha value is -3.97. The zero-order valence-electron chi connectivity index (χ0n) is 22.9. The quantitative estimate of drug-likeness (QED) is 0.119. The van der Waals surface area contributed by atoms with E-state index in [-0.39, 0.29) is 25.2 Å². The van der Waals surface area contributed by atoms with Crippen LogP contribution in [0, 0.1) is 5.92 Å². The van der Waals surface area contributed by atoms with Gasteiger partial charge in [-0.1, -0.05) is 32.0 Å². The summed E-state index contributed by atoms with van der Waals surface area (Å²) in [7, 11) is 0. The molecule has 40 heavy (non-hydrogen) atoms. The zero-order chi connectivity index (χ0) is 29.8. The number of unbranched alkanes of at least 4 members (excludes halogenated alkanes) is 1. The smallest absolute Gasteiger partial charge is 0.326 e. The Morgan fingerprint density at radius 1 is 0.925 bits per heavy atom. The van der Waals surface area contributed by atoms with Crippen LogP contribution in [0.4, 0.5) is 0 Å². The van der Waals surface area contributed by atoms with Gasteiger partial charge in [-0.05, 0) is 49.8 Å². The van der Waals surface area contributed by atoms with Gasteiger partial charge < -0.3 is 43.2 Å². The number of hydrogen-bond donors (Lipinski definition) is 8. The number of carboxylic acid groups (broad SMARTS) is 1. The van der Waals surface area contributed by atoms with E-state index in [0.29, 0.717) is 19.4 Å². The van der Waals surface area contributed by atoms with Crippen molar-refractivity contribution in [2.45, 2.75) is 76.5 Å². The first kappa shape index (κ1) is 32.2. The minimum absolute atomic E-state index is 0.00654. The first-order valence-electron chi connectivity index (χ1n) is 13.4. The molecule has 0 saturated heterocycles. The number of carbonyl (C=O) groups excluding carboxylic acids is 4. The van der Waals surface area contributed by atoms with Crippen LogP contribution in [0.25, 0.3) is 10.9 Å². The summed E-state index contributed by atoms with van der Waals surface area (Å²) in [4.78, 5) is 65.5. The predicted octanol–water partition coefficient (Wildman–Crippen LogP) is -0.373. The Balaban J connectivity index is 2.30. The number of aliphatic carboxylic acids is 1. The number of nitrogens with two attached hydrogens (primary N) is 3. The first-order valence-corrected chi connectivity index (χ1v) is 13.4. The fraction of sp³-hybridized carbons (Fsp3) is 0.519. The van der Waals surface area contributed by atoms with Crippen molar-refractivity contribution in [1.29, 1.82) is 0 Å². The van der Waals surface area contributed by atoms with E-state index < -0.39 is 60.2 Å². The Labute approximate surface area is 233 Å². The van der Waals surface area contributed by atoms with Crippen LogP contribution in [-0.4, -0.2) is 70.4 Å². The Bertz CT molecular complexity index is 1180. The lowest BCUT2D eigenvalue weighted by Crippen LogP contribution is -2.57. The zero-order valence-corrected chi connectivity index (χ0v) is 22.9. The lowest BCUT2D eigenvalue weighted by Gasteiger charge is -2.25. The average Bonchev–Trinajstić information content (AvgIpc) is 3.29. The SMILES string of the molecule is CC(C)CC(NC(=O)C(CCCCN)NC(=O)C(Cc1c[nH]c2ccccc12)NC(=O)C(N)CC(N)=O)C(=O)O. The lowest BCUT2D eigenvalue weighted by molar-refractivity contribution is -0.142. The number of aromatic amines is 1. The minimum atomic E-state index is -1.27. The fourth-order valence-corrected chi connectivity index (χ4v) is 4.32. The summed E-state index contributed by atoms with van der Waals surface area (Å²) in [5, 5.41) is 18.2. The van der Waals surface area contributed by atoms with Crippen LogP contribution < -0.4 is 33.2 Å². The van der Waals surface area contributed by atoms with Gasteiger partial charge in [-0.2, -0.15) is 0 Å². The summed E-state index contributed by atoms with van der Waals surface area (Å²) in [6.07, 6.45) is 2.86. The molecule has 0 aliphatic rings. The molecule has 0 aliphatic carbocycles. The topological polar surface area (TPSA) is 236 Å². The van der Waals surface area contributed by atoms with Crippen LogP contribution in [-0.2, 0) is 30.4 Å².